The average Bonchev–Trinajstić information content (AvgIpc) is 2.69. The fourth-order valence-corrected chi connectivity index (χ4v) is 4.60. The van der Waals surface area contributed by atoms with Crippen molar-refractivity contribution >= 4 is 11.8 Å². The van der Waals surface area contributed by atoms with Gasteiger partial charge in [-0.05, 0) is 73.9 Å². The van der Waals surface area contributed by atoms with Crippen molar-refractivity contribution in [3.05, 3.63) is 63.3 Å². The van der Waals surface area contributed by atoms with Gasteiger partial charge in [-0.1, -0.05) is 6.42 Å². The van der Waals surface area contributed by atoms with E-state index >= 15 is 0 Å². The number of nitrogens with one attached hydrogen (secondary N) is 1. The summed E-state index contributed by atoms with van der Waals surface area (Å²) in [6.07, 6.45) is 8.10. The largest absolute Gasteiger partial charge is 0.349 e. The maximum Gasteiger partial charge on any atom is 0.268 e. The van der Waals surface area contributed by atoms with Crippen molar-refractivity contribution < 1.29 is 14.0 Å². The van der Waals surface area contributed by atoms with E-state index in [9.17, 15) is 18.8 Å². The summed E-state index contributed by atoms with van der Waals surface area (Å²) < 4.78 is 14.8. The van der Waals surface area contributed by atoms with Gasteiger partial charge in [-0.2, -0.15) is 0 Å². The van der Waals surface area contributed by atoms with Crippen LogP contribution in [0, 0.1) is 11.7 Å². The van der Waals surface area contributed by atoms with Gasteiger partial charge in [0, 0.05) is 36.9 Å². The zero-order valence-electron chi connectivity index (χ0n) is 17.4. The van der Waals surface area contributed by atoms with Crippen molar-refractivity contribution in [2.75, 3.05) is 6.54 Å². The Morgan fingerprint density at radius 3 is 2.35 bits per heavy atom. The van der Waals surface area contributed by atoms with E-state index in [1.54, 1.807) is 6.20 Å². The third kappa shape index (κ3) is 3.66. The van der Waals surface area contributed by atoms with Gasteiger partial charge < -0.3 is 10.2 Å². The summed E-state index contributed by atoms with van der Waals surface area (Å²) in [5.41, 5.74) is 1.79. The summed E-state index contributed by atoms with van der Waals surface area (Å²) >= 11 is 0. The molecular formula is C24H26FN3O3. The van der Waals surface area contributed by atoms with Crippen LogP contribution in [0.25, 0.3) is 5.69 Å². The van der Waals surface area contributed by atoms with Crippen molar-refractivity contribution in [2.24, 2.45) is 5.92 Å². The number of carbonyl (C=O) groups is 2. The van der Waals surface area contributed by atoms with Gasteiger partial charge in [0.15, 0.2) is 0 Å². The molecule has 6 nitrogen and oxygen atoms in total. The Balaban J connectivity index is 1.55. The highest BCUT2D eigenvalue weighted by Crippen LogP contribution is 2.31. The predicted molar refractivity (Wildman–Crippen MR) is 114 cm³/mol. The first-order valence-electron chi connectivity index (χ1n) is 11.1. The number of halogens is 1. The first-order valence-corrected chi connectivity index (χ1v) is 11.1. The molecule has 1 aliphatic heterocycles. The normalized spacial score (nSPS) is 18.7. The zero-order chi connectivity index (χ0) is 21.5. The first kappa shape index (κ1) is 20.0. The Morgan fingerprint density at radius 1 is 1.03 bits per heavy atom. The third-order valence-electron chi connectivity index (χ3n) is 6.94. The van der Waals surface area contributed by atoms with Gasteiger partial charge in [0.25, 0.3) is 11.5 Å². The van der Waals surface area contributed by atoms with E-state index in [-0.39, 0.29) is 29.3 Å². The van der Waals surface area contributed by atoms with Gasteiger partial charge in [-0.15, -0.1) is 0 Å². The Hall–Kier alpha value is -2.96. The first-order chi connectivity index (χ1) is 15.0. The van der Waals surface area contributed by atoms with Gasteiger partial charge in [0.2, 0.25) is 5.91 Å². The Morgan fingerprint density at radius 2 is 1.74 bits per heavy atom. The van der Waals surface area contributed by atoms with Crippen molar-refractivity contribution in [1.29, 1.82) is 0 Å². The predicted octanol–water partition coefficient (Wildman–Crippen LogP) is 2.94. The second kappa shape index (κ2) is 7.94. The number of benzene rings is 1. The summed E-state index contributed by atoms with van der Waals surface area (Å²) in [6, 6.07) is 5.75. The molecule has 0 unspecified atom stereocenters. The maximum atomic E-state index is 13.4. The molecule has 2 fully saturated rings. The van der Waals surface area contributed by atoms with E-state index in [2.05, 4.69) is 5.32 Å². The molecule has 2 aromatic rings. The van der Waals surface area contributed by atoms with Gasteiger partial charge in [0.1, 0.15) is 11.4 Å². The van der Waals surface area contributed by atoms with E-state index in [1.165, 1.54) is 28.8 Å². The minimum Gasteiger partial charge on any atom is -0.349 e. The number of fused-ring (bicyclic) bond motifs is 1. The molecule has 1 aromatic heterocycles. The number of amides is 2. The highest BCUT2D eigenvalue weighted by molar-refractivity contribution is 5.96. The lowest BCUT2D eigenvalue weighted by Gasteiger charge is -2.35. The molecule has 2 amide bonds. The van der Waals surface area contributed by atoms with E-state index in [0.717, 1.165) is 49.7 Å². The highest BCUT2D eigenvalue weighted by atomic mass is 19.1. The monoisotopic (exact) mass is 423 g/mol. The lowest BCUT2D eigenvalue weighted by Crippen LogP contribution is -2.46. The summed E-state index contributed by atoms with van der Waals surface area (Å²) in [5, 5.41) is 2.99. The molecule has 0 bridgehead atoms. The van der Waals surface area contributed by atoms with Gasteiger partial charge in [-0.3, -0.25) is 19.0 Å². The molecule has 0 atom stereocenters. The smallest absolute Gasteiger partial charge is 0.268 e. The minimum absolute atomic E-state index is 0.103. The van der Waals surface area contributed by atoms with Crippen LogP contribution in [0.2, 0.25) is 0 Å². The number of nitrogens with zero attached hydrogens (tertiary/aromatic N) is 2. The van der Waals surface area contributed by atoms with Crippen LogP contribution in [0.4, 0.5) is 4.39 Å². The summed E-state index contributed by atoms with van der Waals surface area (Å²) in [6.45, 7) is 0.905. The standard InChI is InChI=1S/C24H26FN3O3/c25-17-7-9-19(10-8-17)28-14-16-13-27(23(30)15-3-1-4-15)12-11-20(16)21(24(28)31)22(29)26-18-5-2-6-18/h7-10,14-15,18H,1-6,11-13H2,(H,26,29). The minimum atomic E-state index is -0.402. The second-order valence-corrected chi connectivity index (χ2v) is 8.90. The maximum absolute atomic E-state index is 13.4. The number of aromatic nitrogens is 1. The molecule has 3 aliphatic rings. The van der Waals surface area contributed by atoms with E-state index in [0.29, 0.717) is 25.2 Å². The quantitative estimate of drug-likeness (QED) is 0.822. The molecular weight excluding hydrogens is 397 g/mol. The lowest BCUT2D eigenvalue weighted by atomic mass is 9.83. The molecule has 2 aliphatic carbocycles. The van der Waals surface area contributed by atoms with Crippen molar-refractivity contribution in [3.8, 4) is 5.69 Å². The molecule has 2 saturated carbocycles. The van der Waals surface area contributed by atoms with Crippen LogP contribution in [0.3, 0.4) is 0 Å². The third-order valence-corrected chi connectivity index (χ3v) is 6.94. The Labute approximate surface area is 180 Å². The van der Waals surface area contributed by atoms with Gasteiger partial charge in [-0.25, -0.2) is 4.39 Å². The molecule has 1 aromatic carbocycles. The van der Waals surface area contributed by atoms with Gasteiger partial charge >= 0.3 is 0 Å². The van der Waals surface area contributed by atoms with Crippen LogP contribution < -0.4 is 10.9 Å². The molecule has 1 N–H and O–H groups in total. The van der Waals surface area contributed by atoms with Crippen molar-refractivity contribution in [3.63, 3.8) is 0 Å². The summed E-state index contributed by atoms with van der Waals surface area (Å²) in [7, 11) is 0. The van der Waals surface area contributed by atoms with Crippen LogP contribution in [0.5, 0.6) is 0 Å². The zero-order valence-corrected chi connectivity index (χ0v) is 17.4. The fraction of sp³-hybridized carbons (Fsp3) is 0.458. The Bertz CT molecular complexity index is 1080. The topological polar surface area (TPSA) is 71.4 Å². The molecule has 31 heavy (non-hydrogen) atoms. The molecule has 7 heteroatoms. The van der Waals surface area contributed by atoms with Crippen LogP contribution >= 0.6 is 0 Å². The summed E-state index contributed by atoms with van der Waals surface area (Å²) in [5.74, 6) is -0.473. The fourth-order valence-electron chi connectivity index (χ4n) is 4.60. The van der Waals surface area contributed by atoms with Gasteiger partial charge in [0.05, 0.1) is 0 Å². The lowest BCUT2D eigenvalue weighted by molar-refractivity contribution is -0.139. The molecule has 2 heterocycles. The highest BCUT2D eigenvalue weighted by Gasteiger charge is 2.34. The van der Waals surface area contributed by atoms with E-state index in [1.807, 2.05) is 4.90 Å². The number of carbonyl (C=O) groups excluding carboxylic acids is 2. The molecule has 5 rings (SSSR count). The number of hydrogen-bond donors (Lipinski definition) is 1. The Kier molecular flexibility index (Phi) is 5.12. The van der Waals surface area contributed by atoms with Crippen LogP contribution in [-0.2, 0) is 17.8 Å². The van der Waals surface area contributed by atoms with Crippen LogP contribution in [0.15, 0.2) is 35.3 Å². The summed E-state index contributed by atoms with van der Waals surface area (Å²) in [4.78, 5) is 41.1. The number of hydrogen-bond acceptors (Lipinski definition) is 3. The average molecular weight is 423 g/mol. The SMILES string of the molecule is O=C(NC1CCC1)c1c2c(cn(-c3ccc(F)cc3)c1=O)CN(C(=O)C1CCC1)CC2. The van der Waals surface area contributed by atoms with Crippen LogP contribution in [-0.4, -0.2) is 33.9 Å². The van der Waals surface area contributed by atoms with E-state index in [4.69, 9.17) is 0 Å². The molecule has 0 saturated heterocycles. The second-order valence-electron chi connectivity index (χ2n) is 8.90. The van der Waals surface area contributed by atoms with Crippen molar-refractivity contribution in [1.82, 2.24) is 14.8 Å². The number of pyridine rings is 1. The molecule has 0 radical (unpaired) electrons. The number of rotatable bonds is 4. The van der Waals surface area contributed by atoms with E-state index < -0.39 is 11.4 Å². The van der Waals surface area contributed by atoms with Crippen LogP contribution in [0.1, 0.15) is 60.0 Å². The molecule has 162 valence electrons. The van der Waals surface area contributed by atoms with Crippen molar-refractivity contribution in [2.45, 2.75) is 57.5 Å². The molecule has 0 spiro atoms.